The van der Waals surface area contributed by atoms with Crippen LogP contribution < -0.4 is 48.3 Å². The lowest BCUT2D eigenvalue weighted by Gasteiger charge is -2.22. The number of hydrogen-bond acceptors (Lipinski definition) is 18. The molecule has 0 unspecified atom stereocenters. The van der Waals surface area contributed by atoms with Crippen molar-refractivity contribution in [2.45, 2.75) is 99.7 Å². The van der Waals surface area contributed by atoms with Crippen LogP contribution in [0.4, 0.5) is 0 Å². The van der Waals surface area contributed by atoms with E-state index >= 15 is 0 Å². The van der Waals surface area contributed by atoms with Crippen LogP contribution in [0.3, 0.4) is 0 Å². The molecule has 0 aromatic carbocycles. The topological polar surface area (TPSA) is 445 Å². The molecule has 0 saturated heterocycles. The van der Waals surface area contributed by atoms with E-state index in [0.29, 0.717) is 0 Å². The SMILES string of the molecule is N[C@@H](CCC(=O)N[C@@H](CS)C(=O)N[C@@H](CCC(=O)N[C@@H](CS)C(=O)N[C@@H](CCC(=O)N[C@@H](CS)C(=O)N[C@@H](CCC(=O)N[C@@H](CS)C(=O)NCC(=O)O)C(=O)O)C(=O)O)C(=O)O)C(=O)O. The van der Waals surface area contributed by atoms with E-state index in [9.17, 15) is 77.6 Å². The van der Waals surface area contributed by atoms with Crippen molar-refractivity contribution < 1.29 is 87.9 Å². The molecule has 0 saturated carbocycles. The van der Waals surface area contributed by atoms with Gasteiger partial charge in [-0.1, -0.05) is 0 Å². The van der Waals surface area contributed by atoms with Crippen molar-refractivity contribution in [3.05, 3.63) is 0 Å². The molecule has 0 aliphatic carbocycles. The average Bonchev–Trinajstić information content (AvgIpc) is 3.24. The van der Waals surface area contributed by atoms with Crippen LogP contribution in [-0.4, -0.2) is 181 Å². The molecule has 0 spiro atoms. The Hall–Kier alpha value is -5.53. The highest BCUT2D eigenvalue weighted by Crippen LogP contribution is 2.06. The maximum atomic E-state index is 12.9. The first-order valence-corrected chi connectivity index (χ1v) is 21.6. The number of carboxylic acids is 5. The number of nitrogens with two attached hydrogens (primary N) is 1. The van der Waals surface area contributed by atoms with Crippen molar-refractivity contribution in [3.63, 3.8) is 0 Å². The molecule has 65 heavy (non-hydrogen) atoms. The second-order valence-electron chi connectivity index (χ2n) is 13.6. The van der Waals surface area contributed by atoms with Crippen LogP contribution in [0.2, 0.25) is 0 Å². The number of carbonyl (C=O) groups is 13. The summed E-state index contributed by atoms with van der Waals surface area (Å²) in [6.07, 6.45) is -3.98. The van der Waals surface area contributed by atoms with Crippen LogP contribution in [0.15, 0.2) is 0 Å². The van der Waals surface area contributed by atoms with Crippen LogP contribution in [0, 0.1) is 0 Å². The maximum Gasteiger partial charge on any atom is 0.326 e. The first-order chi connectivity index (χ1) is 30.4. The molecule has 8 atom stereocenters. The van der Waals surface area contributed by atoms with Gasteiger partial charge in [0.25, 0.3) is 0 Å². The van der Waals surface area contributed by atoms with Gasteiger partial charge in [0.15, 0.2) is 0 Å². The van der Waals surface area contributed by atoms with E-state index in [4.69, 9.17) is 15.9 Å². The number of thiol groups is 4. The van der Waals surface area contributed by atoms with Crippen molar-refractivity contribution in [1.82, 2.24) is 42.5 Å². The predicted octanol–water partition coefficient (Wildman–Crippen LogP) is -5.91. The quantitative estimate of drug-likeness (QED) is 0.0272. The number of carboxylic acid groups (broad SMARTS) is 5. The van der Waals surface area contributed by atoms with Gasteiger partial charge in [-0.2, -0.15) is 50.5 Å². The van der Waals surface area contributed by atoms with Crippen LogP contribution in [0.5, 0.6) is 0 Å². The molecule has 0 bridgehead atoms. The second kappa shape index (κ2) is 31.4. The molecule has 0 aliphatic heterocycles. The number of hydrogen-bond donors (Lipinski definition) is 18. The molecule has 0 aromatic rings. The minimum atomic E-state index is -1.75. The molecular weight excluding hydrogens is 951 g/mol. The van der Waals surface area contributed by atoms with Crippen LogP contribution >= 0.6 is 50.5 Å². The average molecular weight is 1000 g/mol. The molecule has 0 aliphatic rings. The third kappa shape index (κ3) is 24.4. The number of aliphatic carboxylic acids is 5. The zero-order chi connectivity index (χ0) is 50.0. The molecule has 0 fully saturated rings. The van der Waals surface area contributed by atoms with Crippen molar-refractivity contribution in [2.24, 2.45) is 5.73 Å². The normalized spacial score (nSPS) is 14.4. The van der Waals surface area contributed by atoms with E-state index in [-0.39, 0.29) is 30.1 Å². The highest BCUT2D eigenvalue weighted by atomic mass is 32.1. The van der Waals surface area contributed by atoms with Crippen molar-refractivity contribution in [2.75, 3.05) is 29.6 Å². The van der Waals surface area contributed by atoms with E-state index in [0.717, 1.165) is 0 Å². The van der Waals surface area contributed by atoms with Crippen LogP contribution in [0.25, 0.3) is 0 Å². The lowest BCUT2D eigenvalue weighted by atomic mass is 10.1. The Bertz CT molecular complexity index is 1760. The smallest absolute Gasteiger partial charge is 0.326 e. The predicted molar refractivity (Wildman–Crippen MR) is 235 cm³/mol. The summed E-state index contributed by atoms with van der Waals surface area (Å²) in [6, 6.07) is -12.0. The molecule has 15 N–H and O–H groups in total. The molecule has 31 heteroatoms. The molecule has 27 nitrogen and oxygen atoms in total. The van der Waals surface area contributed by atoms with Gasteiger partial charge in [0.05, 0.1) is 0 Å². The Morgan fingerprint density at radius 1 is 0.369 bits per heavy atom. The Labute approximate surface area is 391 Å². The minimum Gasteiger partial charge on any atom is -0.480 e. The van der Waals surface area contributed by atoms with Gasteiger partial charge in [0.1, 0.15) is 54.9 Å². The van der Waals surface area contributed by atoms with Gasteiger partial charge in [0, 0.05) is 48.7 Å². The Morgan fingerprint density at radius 2 is 0.631 bits per heavy atom. The molecular formula is C34H53N9O18S4. The monoisotopic (exact) mass is 1000 g/mol. The maximum absolute atomic E-state index is 12.9. The van der Waals surface area contributed by atoms with E-state index in [1.54, 1.807) is 0 Å². The summed E-state index contributed by atoms with van der Waals surface area (Å²) in [5.41, 5.74) is 5.35. The zero-order valence-electron chi connectivity index (χ0n) is 34.2. The first kappa shape index (κ1) is 59.5. The number of amides is 8. The standard InChI is InChI=1S/C34H53N9O18S4/c35-14(31(54)55)1-5-22(44)38-19(11-63)28(51)41-16(33(58)59)3-7-24(46)40-21(13-65)30(53)43-17(34(60)61)4-8-25(47)39-20(12-64)29(52)42-15(32(56)57)2-6-23(45)37-18(10-62)27(50)36-9-26(48)49/h14-21,62-65H,1-13,35H2,(H,36,50)(H,37,45)(H,38,44)(H,39,47)(H,40,46)(H,41,51)(H,42,52)(H,43,53)(H,48,49)(H,54,55)(H,56,57)(H,58,59)(H,60,61)/t14-,15-,16-,17-,18-,19-,20-,21-/m0/s1. The van der Waals surface area contributed by atoms with Crippen LogP contribution in [0.1, 0.15) is 51.4 Å². The van der Waals surface area contributed by atoms with Gasteiger partial charge in [-0.15, -0.1) is 0 Å². The fourth-order valence-corrected chi connectivity index (χ4v) is 5.98. The fourth-order valence-electron chi connectivity index (χ4n) is 4.95. The summed E-state index contributed by atoms with van der Waals surface area (Å²) >= 11 is 15.8. The highest BCUT2D eigenvalue weighted by Gasteiger charge is 2.31. The van der Waals surface area contributed by atoms with Crippen LogP contribution in [-0.2, 0) is 62.3 Å². The summed E-state index contributed by atoms with van der Waals surface area (Å²) in [7, 11) is 0. The van der Waals surface area contributed by atoms with E-state index < -0.39 is 176 Å². The zero-order valence-corrected chi connectivity index (χ0v) is 37.8. The van der Waals surface area contributed by atoms with E-state index in [2.05, 4.69) is 87.7 Å². The lowest BCUT2D eigenvalue weighted by Crippen LogP contribution is -2.54. The second-order valence-corrected chi connectivity index (χ2v) is 15.1. The molecule has 0 radical (unpaired) electrons. The summed E-state index contributed by atoms with van der Waals surface area (Å²) in [5, 5.41) is 63.9. The fraction of sp³-hybridized carbons (Fsp3) is 0.618. The van der Waals surface area contributed by atoms with Gasteiger partial charge in [-0.25, -0.2) is 14.4 Å². The number of nitrogens with one attached hydrogen (secondary N) is 8. The Balaban J connectivity index is 5.28. The van der Waals surface area contributed by atoms with Gasteiger partial charge in [-0.3, -0.25) is 47.9 Å². The molecule has 0 heterocycles. The molecule has 0 aromatic heterocycles. The Kier molecular flexibility index (Phi) is 28.7. The van der Waals surface area contributed by atoms with Crippen molar-refractivity contribution >= 4 is 128 Å². The summed E-state index contributed by atoms with van der Waals surface area (Å²) in [6.45, 7) is -0.733. The molecule has 366 valence electrons. The molecule has 0 rings (SSSR count). The van der Waals surface area contributed by atoms with Gasteiger partial charge >= 0.3 is 29.8 Å². The largest absolute Gasteiger partial charge is 0.480 e. The van der Waals surface area contributed by atoms with Crippen molar-refractivity contribution in [3.8, 4) is 0 Å². The number of rotatable bonds is 33. The van der Waals surface area contributed by atoms with Gasteiger partial charge < -0.3 is 73.8 Å². The first-order valence-electron chi connectivity index (χ1n) is 19.1. The van der Waals surface area contributed by atoms with Gasteiger partial charge in [-0.05, 0) is 25.7 Å². The summed E-state index contributed by atoms with van der Waals surface area (Å²) in [4.78, 5) is 158. The lowest BCUT2D eigenvalue weighted by molar-refractivity contribution is -0.143. The van der Waals surface area contributed by atoms with E-state index in [1.165, 1.54) is 0 Å². The third-order valence-corrected chi connectivity index (χ3v) is 10.0. The molecule has 8 amide bonds. The van der Waals surface area contributed by atoms with E-state index in [1.807, 2.05) is 5.32 Å². The Morgan fingerprint density at radius 3 is 0.862 bits per heavy atom. The summed E-state index contributed by atoms with van der Waals surface area (Å²) < 4.78 is 0. The third-order valence-electron chi connectivity index (χ3n) is 8.57. The number of carbonyl (C=O) groups excluding carboxylic acids is 8. The summed E-state index contributed by atoms with van der Waals surface area (Å²) in [5.74, 6) is -16.2. The van der Waals surface area contributed by atoms with Gasteiger partial charge in [0.2, 0.25) is 47.3 Å². The highest BCUT2D eigenvalue weighted by molar-refractivity contribution is 7.80. The van der Waals surface area contributed by atoms with Crippen molar-refractivity contribution in [1.29, 1.82) is 0 Å². The minimum absolute atomic E-state index is 0.235.